The lowest BCUT2D eigenvalue weighted by Crippen LogP contribution is -1.98. The molecule has 0 spiro atoms. The van der Waals surface area contributed by atoms with Crippen LogP contribution in [0.1, 0.15) is 0 Å². The molecule has 0 saturated heterocycles. The van der Waals surface area contributed by atoms with Crippen molar-refractivity contribution in [3.63, 3.8) is 0 Å². The molecular weight excluding hydrogens is 372 g/mol. The van der Waals surface area contributed by atoms with Gasteiger partial charge in [0.25, 0.3) is 4.74 Å². The number of benzene rings is 2. The van der Waals surface area contributed by atoms with Gasteiger partial charge >= 0.3 is 0 Å². The number of methoxy groups -OCH3 is 4. The zero-order valence-electron chi connectivity index (χ0n) is 14.8. The molecule has 3 rings (SSSR count). The van der Waals surface area contributed by atoms with Crippen LogP contribution in [-0.4, -0.2) is 28.4 Å². The van der Waals surface area contributed by atoms with Crippen molar-refractivity contribution < 1.29 is 18.9 Å². The fraction of sp³-hybridized carbons (Fsp3) is 0.211. The quantitative estimate of drug-likeness (QED) is 0.579. The predicted octanol–water partition coefficient (Wildman–Crippen LogP) is 4.54. The highest BCUT2D eigenvalue weighted by Crippen LogP contribution is 2.44. The first-order chi connectivity index (χ1) is 12.6. The molecule has 1 heterocycles. The smallest absolute Gasteiger partial charge is 0.251 e. The fourth-order valence-electron chi connectivity index (χ4n) is 2.67. The zero-order valence-corrected chi connectivity index (χ0v) is 16.5. The van der Waals surface area contributed by atoms with Gasteiger partial charge in [-0.05, 0) is 40.2 Å². The van der Waals surface area contributed by atoms with E-state index in [1.807, 2.05) is 36.4 Å². The van der Waals surface area contributed by atoms with Gasteiger partial charge in [0.05, 0.1) is 38.9 Å². The van der Waals surface area contributed by atoms with Gasteiger partial charge in [0.1, 0.15) is 5.75 Å². The first kappa shape index (κ1) is 18.3. The molecule has 0 aliphatic rings. The molecule has 5 nitrogen and oxygen atoms in total. The second-order valence-corrected chi connectivity index (χ2v) is 7.41. The van der Waals surface area contributed by atoms with E-state index in [0.717, 1.165) is 21.8 Å². The Morgan fingerprint density at radius 3 is 1.85 bits per heavy atom. The lowest BCUT2D eigenvalue weighted by atomic mass is 10.0. The van der Waals surface area contributed by atoms with Crippen LogP contribution < -0.4 is 23.7 Å². The molecule has 0 bridgehead atoms. The molecule has 0 saturated carbocycles. The summed E-state index contributed by atoms with van der Waals surface area (Å²) in [5, 5.41) is 0. The van der Waals surface area contributed by atoms with Gasteiger partial charge in [-0.15, -0.1) is 0 Å². The highest BCUT2D eigenvalue weighted by molar-refractivity contribution is 7.70. The minimum Gasteiger partial charge on any atom is -0.497 e. The van der Waals surface area contributed by atoms with Crippen molar-refractivity contribution >= 4 is 20.7 Å². The summed E-state index contributed by atoms with van der Waals surface area (Å²) in [6, 6.07) is 11.2. The van der Waals surface area contributed by atoms with E-state index in [1.54, 1.807) is 28.4 Å². The summed E-state index contributed by atoms with van der Waals surface area (Å²) in [4.78, 5) is 13.4. The summed E-state index contributed by atoms with van der Waals surface area (Å²) in [7, 11) is 8.96. The van der Waals surface area contributed by atoms with Crippen molar-refractivity contribution in [3.8, 4) is 44.6 Å². The van der Waals surface area contributed by atoms with Crippen LogP contribution in [0, 0.1) is 0 Å². The first-order valence-electron chi connectivity index (χ1n) is 7.70. The first-order valence-corrected chi connectivity index (χ1v) is 9.85. The summed E-state index contributed by atoms with van der Waals surface area (Å²) < 4.78 is 21.5. The van der Waals surface area contributed by atoms with Gasteiger partial charge in [0.2, 0.25) is 5.75 Å². The molecule has 0 radical (unpaired) electrons. The van der Waals surface area contributed by atoms with Crippen molar-refractivity contribution in [2.24, 2.45) is 0 Å². The molecule has 7 heteroatoms. The molecule has 0 N–H and O–H groups in total. The molecule has 0 amide bonds. The van der Waals surface area contributed by atoms with Gasteiger partial charge in [0.15, 0.2) is 11.5 Å². The van der Waals surface area contributed by atoms with Gasteiger partial charge in [-0.2, -0.15) is 0 Å². The molecular formula is C19H18O5S2. The zero-order chi connectivity index (χ0) is 18.7. The van der Waals surface area contributed by atoms with E-state index in [1.165, 1.54) is 20.7 Å². The lowest BCUT2D eigenvalue weighted by molar-refractivity contribution is 0.324. The van der Waals surface area contributed by atoms with Gasteiger partial charge in [0, 0.05) is 5.56 Å². The minimum atomic E-state index is 0.0175. The molecule has 0 atom stereocenters. The van der Waals surface area contributed by atoms with Crippen LogP contribution in [0.3, 0.4) is 0 Å². The van der Waals surface area contributed by atoms with Crippen LogP contribution in [0.5, 0.6) is 23.0 Å². The third-order valence-electron chi connectivity index (χ3n) is 3.94. The van der Waals surface area contributed by atoms with Crippen molar-refractivity contribution in [1.82, 2.24) is 0 Å². The lowest BCUT2D eigenvalue weighted by Gasteiger charge is -2.14. The van der Waals surface area contributed by atoms with Gasteiger partial charge in [-0.3, -0.25) is 4.79 Å². The number of ether oxygens (including phenoxy) is 4. The van der Waals surface area contributed by atoms with Crippen molar-refractivity contribution in [2.45, 2.75) is 0 Å². The molecule has 0 unspecified atom stereocenters. The van der Waals surface area contributed by atoms with Crippen LogP contribution in [0.2, 0.25) is 0 Å². The highest BCUT2D eigenvalue weighted by atomic mass is 32.9. The molecule has 0 fully saturated rings. The molecule has 136 valence electrons. The summed E-state index contributed by atoms with van der Waals surface area (Å²) in [6.07, 6.45) is 0. The Kier molecular flexibility index (Phi) is 5.49. The van der Waals surface area contributed by atoms with Crippen LogP contribution >= 0.6 is 20.7 Å². The number of hydrogen-bond donors (Lipinski definition) is 0. The maximum Gasteiger partial charge on any atom is 0.251 e. The standard InChI is InChI=1S/C19H18O5S2/c1-21-13-7-5-11(6-8-13)16-18(25-26-19(16)20)12-9-14(22-2)17(24-4)15(10-12)23-3/h5-10H,1-4H3. The summed E-state index contributed by atoms with van der Waals surface area (Å²) in [6.45, 7) is 0. The average Bonchev–Trinajstić information content (AvgIpc) is 3.08. The van der Waals surface area contributed by atoms with Gasteiger partial charge in [-0.1, -0.05) is 22.5 Å². The monoisotopic (exact) mass is 390 g/mol. The topological polar surface area (TPSA) is 54.0 Å². The summed E-state index contributed by atoms with van der Waals surface area (Å²) >= 11 is 0. The van der Waals surface area contributed by atoms with Gasteiger partial charge < -0.3 is 18.9 Å². The van der Waals surface area contributed by atoms with Crippen molar-refractivity contribution in [1.29, 1.82) is 0 Å². The Labute approximate surface area is 158 Å². The molecule has 0 aliphatic carbocycles. The second-order valence-electron chi connectivity index (χ2n) is 5.30. The van der Waals surface area contributed by atoms with Crippen LogP contribution in [0.15, 0.2) is 41.2 Å². The SMILES string of the molecule is COc1ccc(-c2c(-c3cc(OC)c(OC)c(OC)c3)ssc2=O)cc1. The third-order valence-corrected chi connectivity index (χ3v) is 6.19. The molecule has 0 aliphatic heterocycles. The minimum absolute atomic E-state index is 0.0175. The Hall–Kier alpha value is -2.51. The number of hydrogen-bond acceptors (Lipinski definition) is 7. The van der Waals surface area contributed by atoms with Crippen LogP contribution in [-0.2, 0) is 0 Å². The maximum absolute atomic E-state index is 12.5. The molecule has 3 aromatic rings. The Balaban J connectivity index is 2.18. The van der Waals surface area contributed by atoms with E-state index in [9.17, 15) is 4.79 Å². The Morgan fingerprint density at radius 1 is 0.731 bits per heavy atom. The summed E-state index contributed by atoms with van der Waals surface area (Å²) in [5.74, 6) is 2.36. The third kappa shape index (κ3) is 3.27. The molecule has 1 aromatic heterocycles. The summed E-state index contributed by atoms with van der Waals surface area (Å²) in [5.41, 5.74) is 2.35. The van der Waals surface area contributed by atoms with Crippen molar-refractivity contribution in [2.75, 3.05) is 28.4 Å². The van der Waals surface area contributed by atoms with Crippen LogP contribution in [0.4, 0.5) is 0 Å². The molecule has 26 heavy (non-hydrogen) atoms. The Bertz CT molecular complexity index is 932. The van der Waals surface area contributed by atoms with Crippen molar-refractivity contribution in [3.05, 3.63) is 45.9 Å². The van der Waals surface area contributed by atoms with Gasteiger partial charge in [-0.25, -0.2) is 0 Å². The predicted molar refractivity (Wildman–Crippen MR) is 106 cm³/mol. The Morgan fingerprint density at radius 2 is 1.35 bits per heavy atom. The van der Waals surface area contributed by atoms with E-state index < -0.39 is 0 Å². The second kappa shape index (κ2) is 7.80. The van der Waals surface area contributed by atoms with E-state index >= 15 is 0 Å². The maximum atomic E-state index is 12.5. The van der Waals surface area contributed by atoms with E-state index in [0.29, 0.717) is 22.8 Å². The largest absolute Gasteiger partial charge is 0.497 e. The number of rotatable bonds is 6. The fourth-order valence-corrected chi connectivity index (χ4v) is 4.97. The normalized spacial score (nSPS) is 10.5. The molecule has 2 aromatic carbocycles. The van der Waals surface area contributed by atoms with E-state index in [4.69, 9.17) is 18.9 Å². The van der Waals surface area contributed by atoms with E-state index in [2.05, 4.69) is 0 Å². The highest BCUT2D eigenvalue weighted by Gasteiger charge is 2.20. The van der Waals surface area contributed by atoms with E-state index in [-0.39, 0.29) is 4.74 Å². The average molecular weight is 390 g/mol. The van der Waals surface area contributed by atoms with Crippen LogP contribution in [0.25, 0.3) is 21.6 Å².